The highest BCUT2D eigenvalue weighted by molar-refractivity contribution is 6.05. The van der Waals surface area contributed by atoms with E-state index < -0.39 is 5.82 Å². The van der Waals surface area contributed by atoms with Gasteiger partial charge in [-0.25, -0.2) is 4.39 Å². The van der Waals surface area contributed by atoms with Crippen molar-refractivity contribution < 1.29 is 9.18 Å². The highest BCUT2D eigenvalue weighted by atomic mass is 19.1. The fourth-order valence-corrected chi connectivity index (χ4v) is 2.36. The lowest BCUT2D eigenvalue weighted by Crippen LogP contribution is -2.21. The summed E-state index contributed by atoms with van der Waals surface area (Å²) in [7, 11) is 0. The van der Waals surface area contributed by atoms with Gasteiger partial charge in [0.25, 0.3) is 5.91 Å². The molecule has 108 valence electrons. The third-order valence-electron chi connectivity index (χ3n) is 3.50. The zero-order chi connectivity index (χ0) is 14.8. The highest BCUT2D eigenvalue weighted by Crippen LogP contribution is 2.26. The molecule has 0 fully saturated rings. The summed E-state index contributed by atoms with van der Waals surface area (Å²) in [6.45, 7) is 3.43. The van der Waals surface area contributed by atoms with Gasteiger partial charge in [0.15, 0.2) is 0 Å². The Hall–Kier alpha value is -2.56. The van der Waals surface area contributed by atoms with Gasteiger partial charge in [-0.15, -0.1) is 0 Å². The van der Waals surface area contributed by atoms with Gasteiger partial charge < -0.3 is 16.0 Å². The van der Waals surface area contributed by atoms with E-state index in [2.05, 4.69) is 16.0 Å². The molecule has 0 unspecified atom stereocenters. The average Bonchev–Trinajstić information content (AvgIpc) is 2.50. The van der Waals surface area contributed by atoms with Crippen molar-refractivity contribution >= 4 is 23.0 Å². The van der Waals surface area contributed by atoms with Crippen molar-refractivity contribution in [2.45, 2.75) is 6.92 Å². The second-order valence-corrected chi connectivity index (χ2v) is 5.00. The molecule has 2 aromatic rings. The Morgan fingerprint density at radius 1 is 1.14 bits per heavy atom. The number of rotatable bonds is 2. The molecule has 4 nitrogen and oxygen atoms in total. The molecule has 0 saturated carbocycles. The number of anilines is 3. The van der Waals surface area contributed by atoms with Gasteiger partial charge in [0.05, 0.1) is 17.1 Å². The summed E-state index contributed by atoms with van der Waals surface area (Å²) in [4.78, 5) is 12.3. The second kappa shape index (κ2) is 5.44. The van der Waals surface area contributed by atoms with Gasteiger partial charge in [-0.05, 0) is 36.8 Å². The number of hydrogen-bond donors (Lipinski definition) is 3. The Morgan fingerprint density at radius 3 is 2.67 bits per heavy atom. The molecule has 0 saturated heterocycles. The number of nitrogens with one attached hydrogen (secondary N) is 3. The summed E-state index contributed by atoms with van der Waals surface area (Å²) in [5.41, 5.74) is 3.28. The van der Waals surface area contributed by atoms with Gasteiger partial charge in [-0.3, -0.25) is 4.79 Å². The van der Waals surface area contributed by atoms with Crippen molar-refractivity contribution in [1.29, 1.82) is 0 Å². The van der Waals surface area contributed by atoms with Crippen LogP contribution in [0.5, 0.6) is 0 Å². The zero-order valence-corrected chi connectivity index (χ0v) is 11.7. The Balaban J connectivity index is 1.86. The molecular formula is C16H16FN3O. The normalized spacial score (nSPS) is 12.9. The molecule has 3 rings (SSSR count). The van der Waals surface area contributed by atoms with Crippen LogP contribution < -0.4 is 16.0 Å². The fourth-order valence-electron chi connectivity index (χ4n) is 2.36. The molecule has 1 amide bonds. The molecule has 0 bridgehead atoms. The minimum absolute atomic E-state index is 0.228. The Kier molecular flexibility index (Phi) is 3.48. The number of carbonyl (C=O) groups excluding carboxylic acids is 1. The van der Waals surface area contributed by atoms with Crippen LogP contribution >= 0.6 is 0 Å². The van der Waals surface area contributed by atoms with Crippen LogP contribution in [0.3, 0.4) is 0 Å². The summed E-state index contributed by atoms with van der Waals surface area (Å²) < 4.78 is 13.8. The Labute approximate surface area is 122 Å². The lowest BCUT2D eigenvalue weighted by atomic mass is 10.1. The first-order valence-corrected chi connectivity index (χ1v) is 6.83. The van der Waals surface area contributed by atoms with Crippen molar-refractivity contribution in [3.63, 3.8) is 0 Å². The number of halogens is 1. The molecule has 0 aromatic heterocycles. The molecule has 0 radical (unpaired) electrons. The van der Waals surface area contributed by atoms with Gasteiger partial charge in [0.2, 0.25) is 0 Å². The van der Waals surface area contributed by atoms with Gasteiger partial charge in [-0.2, -0.15) is 0 Å². The first-order valence-electron chi connectivity index (χ1n) is 6.83. The van der Waals surface area contributed by atoms with E-state index in [0.29, 0.717) is 11.1 Å². The van der Waals surface area contributed by atoms with Crippen molar-refractivity contribution in [3.05, 3.63) is 53.3 Å². The summed E-state index contributed by atoms with van der Waals surface area (Å²) in [6.07, 6.45) is 0. The maximum atomic E-state index is 13.8. The quantitative estimate of drug-likeness (QED) is 0.794. The molecule has 0 aliphatic carbocycles. The van der Waals surface area contributed by atoms with Gasteiger partial charge >= 0.3 is 0 Å². The second-order valence-electron chi connectivity index (χ2n) is 5.00. The average molecular weight is 285 g/mol. The summed E-state index contributed by atoms with van der Waals surface area (Å²) in [5, 5.41) is 9.11. The van der Waals surface area contributed by atoms with Crippen molar-refractivity contribution in [1.82, 2.24) is 0 Å². The molecule has 0 spiro atoms. The fraction of sp³-hybridized carbons (Fsp3) is 0.188. The predicted molar refractivity (Wildman–Crippen MR) is 82.5 cm³/mol. The lowest BCUT2D eigenvalue weighted by Gasteiger charge is -2.20. The number of carbonyl (C=O) groups is 1. The molecule has 21 heavy (non-hydrogen) atoms. The summed E-state index contributed by atoms with van der Waals surface area (Å²) >= 11 is 0. The molecular weight excluding hydrogens is 269 g/mol. The van der Waals surface area contributed by atoms with E-state index in [1.54, 1.807) is 31.2 Å². The number of aryl methyl sites for hydroxylation is 1. The van der Waals surface area contributed by atoms with Crippen LogP contribution in [-0.2, 0) is 0 Å². The maximum Gasteiger partial charge on any atom is 0.255 e. The molecule has 0 atom stereocenters. The first-order chi connectivity index (χ1) is 10.1. The SMILES string of the molecule is Cc1cccc(F)c1NC(=O)c1ccc2c(c1)NCCN2. The van der Waals surface area contributed by atoms with Crippen LogP contribution in [0.2, 0.25) is 0 Å². The monoisotopic (exact) mass is 285 g/mol. The zero-order valence-electron chi connectivity index (χ0n) is 11.7. The van der Waals surface area contributed by atoms with Crippen molar-refractivity contribution in [2.75, 3.05) is 29.0 Å². The largest absolute Gasteiger partial charge is 0.382 e. The molecule has 3 N–H and O–H groups in total. The van der Waals surface area contributed by atoms with E-state index in [4.69, 9.17) is 0 Å². The number of para-hydroxylation sites is 1. The van der Waals surface area contributed by atoms with E-state index in [1.807, 2.05) is 6.07 Å². The molecule has 1 aliphatic heterocycles. The van der Waals surface area contributed by atoms with Crippen LogP contribution in [0.4, 0.5) is 21.5 Å². The van der Waals surface area contributed by atoms with E-state index in [0.717, 1.165) is 24.5 Å². The molecule has 1 heterocycles. The highest BCUT2D eigenvalue weighted by Gasteiger charge is 2.14. The Morgan fingerprint density at radius 2 is 1.90 bits per heavy atom. The van der Waals surface area contributed by atoms with E-state index in [1.165, 1.54) is 6.07 Å². The van der Waals surface area contributed by atoms with Crippen LogP contribution in [0.15, 0.2) is 36.4 Å². The van der Waals surface area contributed by atoms with Crippen LogP contribution in [-0.4, -0.2) is 19.0 Å². The van der Waals surface area contributed by atoms with Crippen LogP contribution in [0.1, 0.15) is 15.9 Å². The maximum absolute atomic E-state index is 13.8. The standard InChI is InChI=1S/C16H16FN3O/c1-10-3-2-4-12(17)15(10)20-16(21)11-5-6-13-14(9-11)19-8-7-18-13/h2-6,9,18-19H,7-8H2,1H3,(H,20,21). The molecule has 1 aliphatic rings. The molecule has 5 heteroatoms. The van der Waals surface area contributed by atoms with Crippen molar-refractivity contribution in [2.24, 2.45) is 0 Å². The van der Waals surface area contributed by atoms with Crippen LogP contribution in [0, 0.1) is 12.7 Å². The summed E-state index contributed by atoms with van der Waals surface area (Å²) in [5.74, 6) is -0.750. The lowest BCUT2D eigenvalue weighted by molar-refractivity contribution is 0.102. The van der Waals surface area contributed by atoms with Gasteiger partial charge in [-0.1, -0.05) is 12.1 Å². The topological polar surface area (TPSA) is 53.2 Å². The minimum atomic E-state index is -0.430. The van der Waals surface area contributed by atoms with Crippen molar-refractivity contribution in [3.8, 4) is 0 Å². The smallest absolute Gasteiger partial charge is 0.255 e. The first kappa shape index (κ1) is 13.4. The molecule has 2 aromatic carbocycles. The number of benzene rings is 2. The van der Waals surface area contributed by atoms with E-state index in [9.17, 15) is 9.18 Å². The predicted octanol–water partition coefficient (Wildman–Crippen LogP) is 3.22. The van der Waals surface area contributed by atoms with Gasteiger partial charge in [0, 0.05) is 18.7 Å². The summed E-state index contributed by atoms with van der Waals surface area (Å²) in [6, 6.07) is 10.1. The number of amides is 1. The van der Waals surface area contributed by atoms with Gasteiger partial charge in [0.1, 0.15) is 5.82 Å². The number of fused-ring (bicyclic) bond motifs is 1. The third-order valence-corrected chi connectivity index (χ3v) is 3.50. The third kappa shape index (κ3) is 2.67. The minimum Gasteiger partial charge on any atom is -0.382 e. The Bertz CT molecular complexity index is 680. The number of hydrogen-bond acceptors (Lipinski definition) is 3. The van der Waals surface area contributed by atoms with E-state index >= 15 is 0 Å². The van der Waals surface area contributed by atoms with Crippen LogP contribution in [0.25, 0.3) is 0 Å². The van der Waals surface area contributed by atoms with E-state index in [-0.39, 0.29) is 11.6 Å².